The molecule has 0 aromatic carbocycles. The predicted octanol–water partition coefficient (Wildman–Crippen LogP) is 4.68. The maximum absolute atomic E-state index is 7.14. The average Bonchev–Trinajstić information content (AvgIpc) is 2.54. The third kappa shape index (κ3) is 13.7. The molecule has 1 rings (SSSR count). The van der Waals surface area contributed by atoms with E-state index >= 15 is 0 Å². The van der Waals surface area contributed by atoms with Crippen molar-refractivity contribution in [3.05, 3.63) is 40.8 Å². The molecule has 1 unspecified atom stereocenters. The van der Waals surface area contributed by atoms with Gasteiger partial charge in [-0.25, -0.2) is 0 Å². The second kappa shape index (κ2) is 9.75. The molecular formula is C13H24CuN2Si. The van der Waals surface area contributed by atoms with E-state index < -0.39 is 8.07 Å². The third-order valence-corrected chi connectivity index (χ3v) is 3.07. The minimum Gasteiger partial charge on any atom is -0.703 e. The summed E-state index contributed by atoms with van der Waals surface area (Å²) in [7, 11) is -0.956. The van der Waals surface area contributed by atoms with Crippen molar-refractivity contribution in [3.63, 3.8) is 0 Å². The van der Waals surface area contributed by atoms with Crippen molar-refractivity contribution >= 4 is 8.07 Å². The molecule has 0 bridgehead atoms. The molecule has 101 valence electrons. The number of hydrogen-bond acceptors (Lipinski definition) is 0. The standard InChI is InChI=1S/C7H12N2.C6H12Si.Cu/c1-6(8)5-7-3-2-4-9-7;1-5-6-7(2,3)4;/h5,7-8H,2-4H2,1H3;6H,1H2,2-4H3;/q-2;;+2. The molecule has 1 fully saturated rings. The van der Waals surface area contributed by atoms with Gasteiger partial charge >= 0.3 is 17.1 Å². The summed E-state index contributed by atoms with van der Waals surface area (Å²) in [6.45, 7) is 13.1. The number of hydrogen-bond donors (Lipinski definition) is 0. The van der Waals surface area contributed by atoms with Gasteiger partial charge in [-0.3, -0.25) is 0 Å². The fraction of sp³-hybridized carbons (Fsp3) is 0.615. The molecule has 1 radical (unpaired) electrons. The van der Waals surface area contributed by atoms with E-state index in [1.165, 1.54) is 6.42 Å². The van der Waals surface area contributed by atoms with Crippen LogP contribution in [-0.2, 0) is 17.1 Å². The Kier molecular flexibility index (Phi) is 11.0. The molecule has 0 aromatic rings. The van der Waals surface area contributed by atoms with Gasteiger partial charge in [0.15, 0.2) is 0 Å². The Labute approximate surface area is 118 Å². The average molecular weight is 300 g/mol. The van der Waals surface area contributed by atoms with Crippen LogP contribution in [0.4, 0.5) is 0 Å². The first-order valence-electron chi connectivity index (χ1n) is 5.79. The van der Waals surface area contributed by atoms with Crippen molar-refractivity contribution in [2.75, 3.05) is 6.54 Å². The first kappa shape index (κ1) is 19.1. The Morgan fingerprint density at radius 1 is 1.47 bits per heavy atom. The molecule has 2 nitrogen and oxygen atoms in total. The molecule has 1 saturated heterocycles. The van der Waals surface area contributed by atoms with Gasteiger partial charge in [0.25, 0.3) is 0 Å². The molecule has 17 heavy (non-hydrogen) atoms. The molecule has 1 atom stereocenters. The molecule has 0 aliphatic carbocycles. The Hall–Kier alpha value is -0.244. The summed E-state index contributed by atoms with van der Waals surface area (Å²) in [6, 6.07) is 0.363. The van der Waals surface area contributed by atoms with Crippen LogP contribution in [0.5, 0.6) is 0 Å². The van der Waals surface area contributed by atoms with E-state index in [1.54, 1.807) is 6.92 Å². The molecule has 0 spiro atoms. The van der Waals surface area contributed by atoms with Crippen LogP contribution in [0.1, 0.15) is 19.8 Å². The maximum Gasteiger partial charge on any atom is 2.00 e. The molecule has 1 heterocycles. The Morgan fingerprint density at radius 3 is 2.29 bits per heavy atom. The van der Waals surface area contributed by atoms with E-state index in [0.717, 1.165) is 13.0 Å². The Balaban J connectivity index is 0. The fourth-order valence-corrected chi connectivity index (χ4v) is 1.99. The van der Waals surface area contributed by atoms with Crippen LogP contribution in [-0.4, -0.2) is 20.7 Å². The third-order valence-electron chi connectivity index (χ3n) is 2.00. The second-order valence-electron chi connectivity index (χ2n) is 5.18. The van der Waals surface area contributed by atoms with Crippen molar-refractivity contribution in [1.82, 2.24) is 0 Å². The van der Waals surface area contributed by atoms with Gasteiger partial charge in [0, 0.05) is 0 Å². The first-order valence-corrected chi connectivity index (χ1v) is 9.36. The monoisotopic (exact) mass is 299 g/mol. The Bertz CT molecular complexity index is 266. The SMILES string of the molecule is C=C=C[Si](C)(C)C.CC([NH-])=CC1CCC[N-]1.[Cu+2]. The van der Waals surface area contributed by atoms with Gasteiger partial charge in [0.2, 0.25) is 0 Å². The number of nitrogens with one attached hydrogen (secondary N) is 1. The molecule has 1 N–H and O–H groups in total. The van der Waals surface area contributed by atoms with Gasteiger partial charge in [0.1, 0.15) is 0 Å². The smallest absolute Gasteiger partial charge is 0.703 e. The summed E-state index contributed by atoms with van der Waals surface area (Å²) in [4.78, 5) is 0. The summed E-state index contributed by atoms with van der Waals surface area (Å²) in [5, 5.41) is 4.28. The summed E-state index contributed by atoms with van der Waals surface area (Å²) in [6.07, 6.45) is 4.28. The van der Waals surface area contributed by atoms with Crippen LogP contribution < -0.4 is 0 Å². The van der Waals surface area contributed by atoms with E-state index in [2.05, 4.69) is 43.0 Å². The molecule has 0 amide bonds. The van der Waals surface area contributed by atoms with Crippen molar-refractivity contribution in [2.45, 2.75) is 45.4 Å². The van der Waals surface area contributed by atoms with E-state index in [-0.39, 0.29) is 17.1 Å². The zero-order chi connectivity index (χ0) is 12.6. The van der Waals surface area contributed by atoms with Gasteiger partial charge in [-0.15, -0.1) is 24.4 Å². The quantitative estimate of drug-likeness (QED) is 0.524. The summed E-state index contributed by atoms with van der Waals surface area (Å²) in [5.74, 6) is 0. The van der Waals surface area contributed by atoms with Crippen LogP contribution in [0.15, 0.2) is 29.8 Å². The molecular weight excluding hydrogens is 276 g/mol. The van der Waals surface area contributed by atoms with E-state index in [9.17, 15) is 0 Å². The number of nitrogens with zero attached hydrogens (tertiary/aromatic N) is 1. The van der Waals surface area contributed by atoms with Gasteiger partial charge in [-0.05, 0) is 0 Å². The van der Waals surface area contributed by atoms with Crippen molar-refractivity contribution < 1.29 is 17.1 Å². The first-order chi connectivity index (χ1) is 7.35. The van der Waals surface area contributed by atoms with E-state index in [1.807, 2.05) is 6.08 Å². The van der Waals surface area contributed by atoms with E-state index in [4.69, 9.17) is 5.73 Å². The minimum atomic E-state index is -0.956. The molecule has 0 saturated carbocycles. The van der Waals surface area contributed by atoms with Crippen LogP contribution in [0.3, 0.4) is 0 Å². The van der Waals surface area contributed by atoms with Crippen molar-refractivity contribution in [1.29, 1.82) is 0 Å². The molecule has 1 aliphatic rings. The van der Waals surface area contributed by atoms with Gasteiger partial charge in [0.05, 0.1) is 8.07 Å². The Morgan fingerprint density at radius 2 is 2.06 bits per heavy atom. The van der Waals surface area contributed by atoms with Crippen LogP contribution in [0.2, 0.25) is 19.6 Å². The van der Waals surface area contributed by atoms with Crippen LogP contribution in [0, 0.1) is 0 Å². The summed E-state index contributed by atoms with van der Waals surface area (Å²) < 4.78 is 0. The van der Waals surface area contributed by atoms with E-state index in [0.29, 0.717) is 11.7 Å². The molecule has 1 aliphatic heterocycles. The summed E-state index contributed by atoms with van der Waals surface area (Å²) in [5.41, 5.74) is 12.7. The fourth-order valence-electron chi connectivity index (χ4n) is 1.38. The van der Waals surface area contributed by atoms with Gasteiger partial charge in [-0.2, -0.15) is 5.70 Å². The summed E-state index contributed by atoms with van der Waals surface area (Å²) >= 11 is 0. The maximum atomic E-state index is 7.14. The van der Waals surface area contributed by atoms with Crippen molar-refractivity contribution in [3.8, 4) is 0 Å². The largest absolute Gasteiger partial charge is 2.00 e. The topological polar surface area (TPSA) is 37.9 Å². The molecule has 0 aromatic heterocycles. The van der Waals surface area contributed by atoms with Crippen LogP contribution in [0.25, 0.3) is 11.1 Å². The normalized spacial score (nSPS) is 19.5. The molecule has 4 heteroatoms. The zero-order valence-electron chi connectivity index (χ0n) is 11.3. The van der Waals surface area contributed by atoms with Gasteiger partial charge < -0.3 is 11.1 Å². The van der Waals surface area contributed by atoms with Crippen LogP contribution >= 0.6 is 0 Å². The van der Waals surface area contributed by atoms with Crippen molar-refractivity contribution in [2.24, 2.45) is 0 Å². The number of rotatable bonds is 2. The van der Waals surface area contributed by atoms with Gasteiger partial charge in [-0.1, -0.05) is 51.7 Å². The second-order valence-corrected chi connectivity index (χ2v) is 10.2. The zero-order valence-corrected chi connectivity index (χ0v) is 13.3. The minimum absolute atomic E-state index is 0. The predicted molar refractivity (Wildman–Crippen MR) is 76.4 cm³/mol. The number of allylic oxidation sites excluding steroid dienone is 1.